The van der Waals surface area contributed by atoms with E-state index in [1.807, 2.05) is 30.3 Å². The van der Waals surface area contributed by atoms with Gasteiger partial charge in [0.25, 0.3) is 0 Å². The van der Waals surface area contributed by atoms with E-state index >= 15 is 0 Å². The summed E-state index contributed by atoms with van der Waals surface area (Å²) in [5, 5.41) is 9.76. The largest absolute Gasteiger partial charge is 0.392 e. The number of hydrogen-bond acceptors (Lipinski definition) is 4. The van der Waals surface area contributed by atoms with Crippen molar-refractivity contribution in [2.45, 2.75) is 25.1 Å². The Morgan fingerprint density at radius 2 is 2.05 bits per heavy atom. The molecule has 6 heteroatoms. The third-order valence-electron chi connectivity index (χ3n) is 3.32. The Morgan fingerprint density at radius 3 is 2.68 bits per heavy atom. The predicted octanol–water partition coefficient (Wildman–Crippen LogP) is 0.171. The van der Waals surface area contributed by atoms with E-state index in [-0.39, 0.29) is 12.1 Å². The number of aliphatic hydroxyl groups is 1. The molecule has 2 rings (SSSR count). The van der Waals surface area contributed by atoms with Crippen molar-refractivity contribution in [1.82, 2.24) is 9.62 Å². The van der Waals surface area contributed by atoms with E-state index in [0.29, 0.717) is 19.5 Å². The Morgan fingerprint density at radius 1 is 1.37 bits per heavy atom. The number of likely N-dealkylation sites (tertiary alicyclic amines) is 1. The van der Waals surface area contributed by atoms with Gasteiger partial charge < -0.3 is 5.11 Å². The highest BCUT2D eigenvalue weighted by atomic mass is 32.2. The zero-order valence-electron chi connectivity index (χ0n) is 11.0. The van der Waals surface area contributed by atoms with E-state index in [1.165, 1.54) is 5.56 Å². The molecule has 1 aliphatic rings. The highest BCUT2D eigenvalue weighted by Gasteiger charge is 2.31. The molecule has 1 aromatic rings. The fourth-order valence-corrected chi connectivity index (χ4v) is 2.92. The molecule has 0 amide bonds. The zero-order valence-corrected chi connectivity index (χ0v) is 11.8. The standard InChI is InChI=1S/C13H20N2O3S/c1-19(17,18)14-8-12-7-13(16)10-15(12)9-11-5-3-2-4-6-11/h2-6,12-14,16H,7-10H2,1H3. The maximum absolute atomic E-state index is 11.1. The second-order valence-electron chi connectivity index (χ2n) is 5.08. The number of nitrogens with zero attached hydrogens (tertiary/aromatic N) is 1. The molecular weight excluding hydrogens is 264 g/mol. The van der Waals surface area contributed by atoms with Crippen LogP contribution in [0.4, 0.5) is 0 Å². The van der Waals surface area contributed by atoms with Crippen LogP contribution in [0.25, 0.3) is 0 Å². The Bertz CT molecular complexity index is 504. The van der Waals surface area contributed by atoms with Gasteiger partial charge in [0.2, 0.25) is 10.0 Å². The van der Waals surface area contributed by atoms with E-state index in [0.717, 1.165) is 12.8 Å². The van der Waals surface area contributed by atoms with Gasteiger partial charge in [0, 0.05) is 25.7 Å². The van der Waals surface area contributed by atoms with E-state index < -0.39 is 10.0 Å². The Labute approximate surface area is 114 Å². The third-order valence-corrected chi connectivity index (χ3v) is 4.01. The van der Waals surface area contributed by atoms with Crippen molar-refractivity contribution in [3.8, 4) is 0 Å². The smallest absolute Gasteiger partial charge is 0.208 e. The molecule has 1 aliphatic heterocycles. The molecule has 0 bridgehead atoms. The van der Waals surface area contributed by atoms with Crippen LogP contribution in [-0.2, 0) is 16.6 Å². The number of hydrogen-bond donors (Lipinski definition) is 2. The number of sulfonamides is 1. The molecule has 2 N–H and O–H groups in total. The molecule has 1 aromatic carbocycles. The van der Waals surface area contributed by atoms with Crippen molar-refractivity contribution in [3.63, 3.8) is 0 Å². The second-order valence-corrected chi connectivity index (χ2v) is 6.91. The van der Waals surface area contributed by atoms with Gasteiger partial charge in [0.05, 0.1) is 12.4 Å². The number of aliphatic hydroxyl groups excluding tert-OH is 1. The van der Waals surface area contributed by atoms with Gasteiger partial charge in [-0.15, -0.1) is 0 Å². The average Bonchev–Trinajstić information content (AvgIpc) is 2.67. The van der Waals surface area contributed by atoms with Crippen molar-refractivity contribution in [2.75, 3.05) is 19.3 Å². The highest BCUT2D eigenvalue weighted by Crippen LogP contribution is 2.20. The van der Waals surface area contributed by atoms with Crippen molar-refractivity contribution < 1.29 is 13.5 Å². The summed E-state index contributed by atoms with van der Waals surface area (Å²) < 4.78 is 24.8. The van der Waals surface area contributed by atoms with Crippen LogP contribution in [0.15, 0.2) is 30.3 Å². The van der Waals surface area contributed by atoms with Gasteiger partial charge in [-0.25, -0.2) is 13.1 Å². The van der Waals surface area contributed by atoms with Gasteiger partial charge in [0.1, 0.15) is 0 Å². The van der Waals surface area contributed by atoms with Crippen molar-refractivity contribution in [1.29, 1.82) is 0 Å². The summed E-state index contributed by atoms with van der Waals surface area (Å²) in [6.45, 7) is 1.67. The first kappa shape index (κ1) is 14.5. The molecule has 1 heterocycles. The zero-order chi connectivity index (χ0) is 13.9. The molecule has 2 atom stereocenters. The third kappa shape index (κ3) is 4.58. The minimum absolute atomic E-state index is 0.0462. The Balaban J connectivity index is 1.97. The van der Waals surface area contributed by atoms with E-state index in [2.05, 4.69) is 9.62 Å². The normalized spacial score (nSPS) is 24.7. The molecule has 0 aliphatic carbocycles. The summed E-state index contributed by atoms with van der Waals surface area (Å²) in [5.74, 6) is 0. The number of rotatable bonds is 5. The number of β-amino-alcohol motifs (C(OH)–C–C–N with tert-alkyl or cyclic N) is 1. The first-order valence-electron chi connectivity index (χ1n) is 6.35. The number of benzene rings is 1. The first-order chi connectivity index (χ1) is 8.94. The van der Waals surface area contributed by atoms with Crippen LogP contribution in [0.2, 0.25) is 0 Å². The van der Waals surface area contributed by atoms with Gasteiger partial charge >= 0.3 is 0 Å². The monoisotopic (exact) mass is 284 g/mol. The van der Waals surface area contributed by atoms with Gasteiger partial charge in [-0.05, 0) is 12.0 Å². The van der Waals surface area contributed by atoms with Gasteiger partial charge in [-0.1, -0.05) is 30.3 Å². The lowest BCUT2D eigenvalue weighted by molar-refractivity contribution is 0.172. The molecule has 1 fully saturated rings. The van der Waals surface area contributed by atoms with Gasteiger partial charge in [0.15, 0.2) is 0 Å². The van der Waals surface area contributed by atoms with Crippen LogP contribution < -0.4 is 4.72 Å². The Kier molecular flexibility index (Phi) is 4.57. The van der Waals surface area contributed by atoms with Gasteiger partial charge in [-0.3, -0.25) is 4.90 Å². The summed E-state index contributed by atoms with van der Waals surface area (Å²) in [4.78, 5) is 2.12. The summed E-state index contributed by atoms with van der Waals surface area (Å²) >= 11 is 0. The second kappa shape index (κ2) is 6.00. The van der Waals surface area contributed by atoms with Crippen molar-refractivity contribution in [3.05, 3.63) is 35.9 Å². The molecule has 106 valence electrons. The average molecular weight is 284 g/mol. The minimum Gasteiger partial charge on any atom is -0.392 e. The molecule has 0 aromatic heterocycles. The lowest BCUT2D eigenvalue weighted by Crippen LogP contribution is -2.39. The highest BCUT2D eigenvalue weighted by molar-refractivity contribution is 7.88. The fraction of sp³-hybridized carbons (Fsp3) is 0.538. The quantitative estimate of drug-likeness (QED) is 0.809. The fourth-order valence-electron chi connectivity index (χ4n) is 2.43. The van der Waals surface area contributed by atoms with Crippen molar-refractivity contribution in [2.24, 2.45) is 0 Å². The summed E-state index contributed by atoms with van der Waals surface area (Å²) in [6.07, 6.45) is 1.38. The van der Waals surface area contributed by atoms with E-state index in [1.54, 1.807) is 0 Å². The molecule has 5 nitrogen and oxygen atoms in total. The maximum Gasteiger partial charge on any atom is 0.208 e. The van der Waals surface area contributed by atoms with Crippen molar-refractivity contribution >= 4 is 10.0 Å². The van der Waals surface area contributed by atoms with E-state index in [4.69, 9.17) is 0 Å². The molecule has 1 saturated heterocycles. The topological polar surface area (TPSA) is 69.6 Å². The molecule has 0 spiro atoms. The van der Waals surface area contributed by atoms with E-state index in [9.17, 15) is 13.5 Å². The molecule has 2 unspecified atom stereocenters. The van der Waals surface area contributed by atoms with Crippen LogP contribution in [0.3, 0.4) is 0 Å². The molecular formula is C13H20N2O3S. The molecule has 19 heavy (non-hydrogen) atoms. The Hall–Kier alpha value is -0.950. The van der Waals surface area contributed by atoms with Crippen LogP contribution in [0.1, 0.15) is 12.0 Å². The summed E-state index contributed by atoms with van der Waals surface area (Å²) in [6, 6.07) is 10.0. The maximum atomic E-state index is 11.1. The van der Waals surface area contributed by atoms with Crippen LogP contribution >= 0.6 is 0 Å². The van der Waals surface area contributed by atoms with Gasteiger partial charge in [-0.2, -0.15) is 0 Å². The lowest BCUT2D eigenvalue weighted by atomic mass is 10.2. The predicted molar refractivity (Wildman–Crippen MR) is 74.1 cm³/mol. The van der Waals surface area contributed by atoms with Crippen LogP contribution in [0, 0.1) is 0 Å². The lowest BCUT2D eigenvalue weighted by Gasteiger charge is -2.24. The minimum atomic E-state index is -3.18. The SMILES string of the molecule is CS(=O)(=O)NCC1CC(O)CN1Cc1ccccc1. The number of nitrogens with one attached hydrogen (secondary N) is 1. The molecule has 0 radical (unpaired) electrons. The molecule has 0 saturated carbocycles. The summed E-state index contributed by atoms with van der Waals surface area (Å²) in [7, 11) is -3.18. The van der Waals surface area contributed by atoms with Crippen LogP contribution in [-0.4, -0.2) is 49.9 Å². The van der Waals surface area contributed by atoms with Crippen LogP contribution in [0.5, 0.6) is 0 Å². The summed E-state index contributed by atoms with van der Waals surface area (Å²) in [5.41, 5.74) is 1.17. The first-order valence-corrected chi connectivity index (χ1v) is 8.24.